The van der Waals surface area contributed by atoms with Crippen LogP contribution in [0, 0.1) is 17.3 Å². The standard InChI is InChI=1S/C26H33N3O2/c1-18(2)28-25(31)26(10-13-29(14-11-26)24(30)23-15-19(23)3)16-20-6-8-21(9-7-20)22-5-4-12-27-17-22/h4-9,12,17-19,23H,10-11,13-16H2,1-3H3,(H,28,31)/t19-,23+/m0/s1. The average Bonchev–Trinajstić information content (AvgIpc) is 3.51. The molecule has 0 unspecified atom stereocenters. The van der Waals surface area contributed by atoms with E-state index in [1.165, 1.54) is 0 Å². The van der Waals surface area contributed by atoms with E-state index in [0.29, 0.717) is 38.3 Å². The molecule has 2 heterocycles. The van der Waals surface area contributed by atoms with Gasteiger partial charge in [-0.2, -0.15) is 0 Å². The zero-order valence-electron chi connectivity index (χ0n) is 18.8. The number of amides is 2. The molecule has 5 nitrogen and oxygen atoms in total. The van der Waals surface area contributed by atoms with E-state index in [1.54, 1.807) is 6.20 Å². The lowest BCUT2D eigenvalue weighted by Crippen LogP contribution is -2.52. The van der Waals surface area contributed by atoms with Crippen LogP contribution < -0.4 is 5.32 Å². The molecule has 1 aromatic carbocycles. The minimum absolute atomic E-state index is 0.101. The molecule has 2 aromatic rings. The zero-order valence-corrected chi connectivity index (χ0v) is 18.8. The Morgan fingerprint density at radius 2 is 1.81 bits per heavy atom. The van der Waals surface area contributed by atoms with Crippen LogP contribution in [0.25, 0.3) is 11.1 Å². The van der Waals surface area contributed by atoms with Crippen LogP contribution in [0.4, 0.5) is 0 Å². The van der Waals surface area contributed by atoms with Crippen LogP contribution in [0.15, 0.2) is 48.8 Å². The quantitative estimate of drug-likeness (QED) is 0.767. The number of carbonyl (C=O) groups is 2. The Labute approximate surface area is 185 Å². The van der Waals surface area contributed by atoms with Gasteiger partial charge in [-0.3, -0.25) is 14.6 Å². The number of carbonyl (C=O) groups excluding carboxylic acids is 2. The van der Waals surface area contributed by atoms with Crippen molar-refractivity contribution < 1.29 is 9.59 Å². The molecule has 4 rings (SSSR count). The van der Waals surface area contributed by atoms with Crippen molar-refractivity contribution in [1.29, 1.82) is 0 Å². The first-order valence-corrected chi connectivity index (χ1v) is 11.5. The van der Waals surface area contributed by atoms with Gasteiger partial charge in [-0.25, -0.2) is 0 Å². The van der Waals surface area contributed by atoms with E-state index >= 15 is 0 Å². The number of nitrogens with zero attached hydrogens (tertiary/aromatic N) is 2. The summed E-state index contributed by atoms with van der Waals surface area (Å²) in [5.74, 6) is 1.12. The number of piperidine rings is 1. The normalized spacial score (nSPS) is 22.3. The molecule has 0 bridgehead atoms. The van der Waals surface area contributed by atoms with Gasteiger partial charge in [0.2, 0.25) is 11.8 Å². The summed E-state index contributed by atoms with van der Waals surface area (Å²) >= 11 is 0. The lowest BCUT2D eigenvalue weighted by atomic mass is 9.72. The molecule has 2 amide bonds. The Balaban J connectivity index is 1.49. The summed E-state index contributed by atoms with van der Waals surface area (Å²) in [5, 5.41) is 3.15. The van der Waals surface area contributed by atoms with E-state index in [2.05, 4.69) is 41.5 Å². The maximum atomic E-state index is 13.3. The molecule has 164 valence electrons. The van der Waals surface area contributed by atoms with Gasteiger partial charge in [0.1, 0.15) is 0 Å². The van der Waals surface area contributed by atoms with Crippen molar-refractivity contribution in [3.63, 3.8) is 0 Å². The van der Waals surface area contributed by atoms with Gasteiger partial charge in [0.25, 0.3) is 0 Å². The molecule has 1 aliphatic heterocycles. The van der Waals surface area contributed by atoms with Gasteiger partial charge >= 0.3 is 0 Å². The highest BCUT2D eigenvalue weighted by Crippen LogP contribution is 2.42. The minimum atomic E-state index is -0.466. The molecule has 1 N–H and O–H groups in total. The molecule has 1 saturated heterocycles. The van der Waals surface area contributed by atoms with Crippen LogP contribution in [0.1, 0.15) is 45.6 Å². The Morgan fingerprint density at radius 1 is 1.13 bits per heavy atom. The number of benzene rings is 1. The fourth-order valence-electron chi connectivity index (χ4n) is 4.69. The average molecular weight is 420 g/mol. The van der Waals surface area contributed by atoms with Gasteiger partial charge in [-0.15, -0.1) is 0 Å². The number of pyridine rings is 1. The van der Waals surface area contributed by atoms with Crippen molar-refractivity contribution in [2.45, 2.75) is 52.5 Å². The molecule has 5 heteroatoms. The highest BCUT2D eigenvalue weighted by atomic mass is 16.2. The Bertz CT molecular complexity index is 915. The number of hydrogen-bond donors (Lipinski definition) is 1. The van der Waals surface area contributed by atoms with E-state index in [9.17, 15) is 9.59 Å². The third-order valence-corrected chi connectivity index (χ3v) is 6.85. The maximum Gasteiger partial charge on any atom is 0.226 e. The van der Waals surface area contributed by atoms with Crippen molar-refractivity contribution in [2.24, 2.45) is 17.3 Å². The first-order valence-electron chi connectivity index (χ1n) is 11.5. The first-order chi connectivity index (χ1) is 14.9. The molecule has 1 aromatic heterocycles. The molecule has 1 aliphatic carbocycles. The predicted molar refractivity (Wildman–Crippen MR) is 122 cm³/mol. The summed E-state index contributed by atoms with van der Waals surface area (Å²) in [6.45, 7) is 7.48. The van der Waals surface area contributed by atoms with E-state index < -0.39 is 5.41 Å². The fraction of sp³-hybridized carbons (Fsp3) is 0.500. The van der Waals surface area contributed by atoms with Crippen molar-refractivity contribution >= 4 is 11.8 Å². The Morgan fingerprint density at radius 3 is 2.35 bits per heavy atom. The molecular weight excluding hydrogens is 386 g/mol. The van der Waals surface area contributed by atoms with Gasteiger partial charge in [-0.1, -0.05) is 37.3 Å². The van der Waals surface area contributed by atoms with Crippen molar-refractivity contribution in [3.05, 3.63) is 54.4 Å². The third kappa shape index (κ3) is 4.81. The number of rotatable bonds is 6. The number of aromatic nitrogens is 1. The topological polar surface area (TPSA) is 62.3 Å². The largest absolute Gasteiger partial charge is 0.353 e. The van der Waals surface area contributed by atoms with Gasteiger partial charge in [0.05, 0.1) is 5.41 Å². The van der Waals surface area contributed by atoms with Crippen LogP contribution in [-0.2, 0) is 16.0 Å². The second-order valence-corrected chi connectivity index (χ2v) is 9.67. The summed E-state index contributed by atoms with van der Waals surface area (Å²) in [5.41, 5.74) is 2.90. The van der Waals surface area contributed by atoms with Crippen LogP contribution >= 0.6 is 0 Å². The molecule has 0 radical (unpaired) electrons. The second-order valence-electron chi connectivity index (χ2n) is 9.67. The predicted octanol–water partition coefficient (Wildman–Crippen LogP) is 4.08. The highest BCUT2D eigenvalue weighted by Gasteiger charge is 2.46. The summed E-state index contributed by atoms with van der Waals surface area (Å²) < 4.78 is 0. The summed E-state index contributed by atoms with van der Waals surface area (Å²) in [7, 11) is 0. The van der Waals surface area contributed by atoms with Crippen molar-refractivity contribution in [3.8, 4) is 11.1 Å². The smallest absolute Gasteiger partial charge is 0.226 e. The molecule has 1 saturated carbocycles. The highest BCUT2D eigenvalue weighted by molar-refractivity contribution is 5.85. The van der Waals surface area contributed by atoms with Crippen LogP contribution in [-0.4, -0.2) is 40.8 Å². The second kappa shape index (κ2) is 8.81. The van der Waals surface area contributed by atoms with E-state index in [0.717, 1.165) is 23.1 Å². The first kappa shape index (κ1) is 21.5. The lowest BCUT2D eigenvalue weighted by Gasteiger charge is -2.41. The molecule has 2 fully saturated rings. The molecule has 31 heavy (non-hydrogen) atoms. The van der Waals surface area contributed by atoms with Gasteiger partial charge in [-0.05, 0) is 68.2 Å². The number of nitrogens with one attached hydrogen (secondary N) is 1. The van der Waals surface area contributed by atoms with Crippen molar-refractivity contribution in [2.75, 3.05) is 13.1 Å². The van der Waals surface area contributed by atoms with Gasteiger partial charge < -0.3 is 10.2 Å². The number of hydrogen-bond acceptors (Lipinski definition) is 3. The van der Waals surface area contributed by atoms with Crippen LogP contribution in [0.3, 0.4) is 0 Å². The molecule has 0 spiro atoms. The minimum Gasteiger partial charge on any atom is -0.353 e. The SMILES string of the molecule is CC(C)NC(=O)C1(Cc2ccc(-c3cccnc3)cc2)CCN(C(=O)[C@@H]2C[C@@H]2C)CC1. The zero-order chi connectivity index (χ0) is 22.0. The van der Waals surface area contributed by atoms with Crippen LogP contribution in [0.5, 0.6) is 0 Å². The Kier molecular flexibility index (Phi) is 6.12. The molecule has 2 aliphatic rings. The van der Waals surface area contributed by atoms with Gasteiger partial charge in [0, 0.05) is 37.4 Å². The maximum absolute atomic E-state index is 13.3. The fourth-order valence-corrected chi connectivity index (χ4v) is 4.69. The molecular formula is C26H33N3O2. The summed E-state index contributed by atoms with van der Waals surface area (Å²) in [6.07, 6.45) is 6.76. The van der Waals surface area contributed by atoms with E-state index in [4.69, 9.17) is 0 Å². The monoisotopic (exact) mass is 419 g/mol. The number of likely N-dealkylation sites (tertiary alicyclic amines) is 1. The van der Waals surface area contributed by atoms with Gasteiger partial charge in [0.15, 0.2) is 0 Å². The summed E-state index contributed by atoms with van der Waals surface area (Å²) in [4.78, 5) is 32.1. The summed E-state index contributed by atoms with van der Waals surface area (Å²) in [6, 6.07) is 12.5. The molecule has 2 atom stereocenters. The van der Waals surface area contributed by atoms with E-state index in [-0.39, 0.29) is 23.8 Å². The Hall–Kier alpha value is -2.69. The van der Waals surface area contributed by atoms with E-state index in [1.807, 2.05) is 37.1 Å². The lowest BCUT2D eigenvalue weighted by molar-refractivity contribution is -0.141. The van der Waals surface area contributed by atoms with Crippen molar-refractivity contribution in [1.82, 2.24) is 15.2 Å². The third-order valence-electron chi connectivity index (χ3n) is 6.85. The van der Waals surface area contributed by atoms with Crippen LogP contribution in [0.2, 0.25) is 0 Å².